The van der Waals surface area contributed by atoms with E-state index in [2.05, 4.69) is 17.3 Å². The summed E-state index contributed by atoms with van der Waals surface area (Å²) < 4.78 is 0. The number of carbonyl (C=O) groups is 1. The SMILES string of the molecule is CCC(C)(C(=O)NCC1CCCCN1C)C(N)=S. The molecule has 4 nitrogen and oxygen atoms in total. The molecule has 1 aliphatic heterocycles. The van der Waals surface area contributed by atoms with Crippen LogP contribution in [0, 0.1) is 5.41 Å². The van der Waals surface area contributed by atoms with E-state index in [9.17, 15) is 4.79 Å². The molecule has 1 aliphatic rings. The number of hydrogen-bond acceptors (Lipinski definition) is 3. The summed E-state index contributed by atoms with van der Waals surface area (Å²) >= 11 is 5.01. The molecule has 0 aliphatic carbocycles. The predicted octanol–water partition coefficient (Wildman–Crippen LogP) is 1.29. The number of rotatable bonds is 5. The minimum atomic E-state index is -0.720. The fourth-order valence-electron chi connectivity index (χ4n) is 2.25. The van der Waals surface area contributed by atoms with Crippen molar-refractivity contribution in [3.05, 3.63) is 0 Å². The zero-order valence-electron chi connectivity index (χ0n) is 11.7. The van der Waals surface area contributed by atoms with Crippen molar-refractivity contribution in [2.45, 2.75) is 45.6 Å². The van der Waals surface area contributed by atoms with Crippen LogP contribution in [0.2, 0.25) is 0 Å². The van der Waals surface area contributed by atoms with E-state index in [1.807, 2.05) is 13.8 Å². The summed E-state index contributed by atoms with van der Waals surface area (Å²) in [5, 5.41) is 3.01. The molecule has 1 amide bonds. The van der Waals surface area contributed by atoms with Crippen molar-refractivity contribution in [3.63, 3.8) is 0 Å². The molecule has 1 saturated heterocycles. The van der Waals surface area contributed by atoms with Crippen molar-refractivity contribution >= 4 is 23.1 Å². The first kappa shape index (κ1) is 15.4. The van der Waals surface area contributed by atoms with Crippen LogP contribution >= 0.6 is 12.2 Å². The maximum atomic E-state index is 12.2. The van der Waals surface area contributed by atoms with Crippen LogP contribution in [0.3, 0.4) is 0 Å². The van der Waals surface area contributed by atoms with Crippen LogP contribution in [0.4, 0.5) is 0 Å². The molecule has 2 atom stereocenters. The highest BCUT2D eigenvalue weighted by Crippen LogP contribution is 2.22. The Balaban J connectivity index is 2.52. The van der Waals surface area contributed by atoms with Crippen LogP contribution < -0.4 is 11.1 Å². The van der Waals surface area contributed by atoms with E-state index >= 15 is 0 Å². The van der Waals surface area contributed by atoms with E-state index in [1.54, 1.807) is 0 Å². The van der Waals surface area contributed by atoms with Crippen LogP contribution in [0.25, 0.3) is 0 Å². The minimum absolute atomic E-state index is 0.0449. The zero-order chi connectivity index (χ0) is 13.8. The van der Waals surface area contributed by atoms with Crippen LogP contribution in [0.1, 0.15) is 39.5 Å². The number of piperidine rings is 1. The summed E-state index contributed by atoms with van der Waals surface area (Å²) in [6, 6.07) is 0.440. The minimum Gasteiger partial charge on any atom is -0.392 e. The zero-order valence-corrected chi connectivity index (χ0v) is 12.5. The summed E-state index contributed by atoms with van der Waals surface area (Å²) in [4.78, 5) is 14.8. The van der Waals surface area contributed by atoms with E-state index in [0.29, 0.717) is 19.0 Å². The lowest BCUT2D eigenvalue weighted by molar-refractivity contribution is -0.127. The summed E-state index contributed by atoms with van der Waals surface area (Å²) in [6.45, 7) is 5.55. The molecule has 0 bridgehead atoms. The molecular weight excluding hydrogens is 246 g/mol. The monoisotopic (exact) mass is 271 g/mol. The number of likely N-dealkylation sites (N-methyl/N-ethyl adjacent to an activating group) is 1. The van der Waals surface area contributed by atoms with Crippen LogP contribution in [0.5, 0.6) is 0 Å². The second-order valence-corrected chi connectivity index (χ2v) is 5.83. The van der Waals surface area contributed by atoms with Gasteiger partial charge in [0.25, 0.3) is 0 Å². The van der Waals surface area contributed by atoms with Gasteiger partial charge in [-0.1, -0.05) is 25.6 Å². The molecular formula is C13H25N3OS. The first-order chi connectivity index (χ1) is 8.41. The van der Waals surface area contributed by atoms with Crippen LogP contribution in [0.15, 0.2) is 0 Å². The fraction of sp³-hybridized carbons (Fsp3) is 0.846. The van der Waals surface area contributed by atoms with Crippen molar-refractivity contribution in [1.82, 2.24) is 10.2 Å². The molecule has 0 aromatic rings. The third-order valence-corrected chi connectivity index (χ3v) is 4.62. The smallest absolute Gasteiger partial charge is 0.232 e. The average molecular weight is 271 g/mol. The third kappa shape index (κ3) is 3.42. The topological polar surface area (TPSA) is 58.4 Å². The normalized spacial score (nSPS) is 24.3. The summed E-state index contributed by atoms with van der Waals surface area (Å²) in [7, 11) is 2.11. The van der Waals surface area contributed by atoms with E-state index < -0.39 is 5.41 Å². The van der Waals surface area contributed by atoms with Crippen molar-refractivity contribution < 1.29 is 4.79 Å². The molecule has 0 aromatic carbocycles. The third-order valence-electron chi connectivity index (χ3n) is 4.17. The predicted molar refractivity (Wildman–Crippen MR) is 78.5 cm³/mol. The lowest BCUT2D eigenvalue weighted by Gasteiger charge is -2.34. The number of nitrogens with one attached hydrogen (secondary N) is 1. The van der Waals surface area contributed by atoms with Gasteiger partial charge >= 0.3 is 0 Å². The lowest BCUT2D eigenvalue weighted by Crippen LogP contribution is -2.51. The van der Waals surface area contributed by atoms with Gasteiger partial charge in [-0.15, -0.1) is 0 Å². The molecule has 5 heteroatoms. The number of likely N-dealkylation sites (tertiary alicyclic amines) is 1. The van der Waals surface area contributed by atoms with Crippen molar-refractivity contribution in [2.75, 3.05) is 20.1 Å². The van der Waals surface area contributed by atoms with E-state index in [1.165, 1.54) is 12.8 Å². The van der Waals surface area contributed by atoms with Crippen molar-refractivity contribution in [2.24, 2.45) is 11.1 Å². The van der Waals surface area contributed by atoms with Gasteiger partial charge in [0.2, 0.25) is 5.91 Å². The van der Waals surface area contributed by atoms with Gasteiger partial charge in [-0.25, -0.2) is 0 Å². The van der Waals surface area contributed by atoms with Gasteiger partial charge in [0, 0.05) is 12.6 Å². The highest BCUT2D eigenvalue weighted by atomic mass is 32.1. The Morgan fingerprint density at radius 3 is 2.72 bits per heavy atom. The largest absolute Gasteiger partial charge is 0.392 e. The highest BCUT2D eigenvalue weighted by molar-refractivity contribution is 7.80. The second kappa shape index (κ2) is 6.48. The molecule has 0 saturated carbocycles. The summed E-state index contributed by atoms with van der Waals surface area (Å²) in [5.74, 6) is -0.0449. The van der Waals surface area contributed by atoms with Gasteiger partial charge in [0.05, 0.1) is 10.4 Å². The molecule has 0 spiro atoms. The first-order valence-electron chi connectivity index (χ1n) is 6.70. The Labute approximate surface area is 115 Å². The number of nitrogens with zero attached hydrogens (tertiary/aromatic N) is 1. The number of amides is 1. The van der Waals surface area contributed by atoms with E-state index in [-0.39, 0.29) is 10.9 Å². The Hall–Kier alpha value is -0.680. The summed E-state index contributed by atoms with van der Waals surface area (Å²) in [5.41, 5.74) is 4.96. The van der Waals surface area contributed by atoms with Gasteiger partial charge in [-0.05, 0) is 39.8 Å². The number of thiocarbonyl (C=S) groups is 1. The van der Waals surface area contributed by atoms with Gasteiger partial charge in [0.1, 0.15) is 0 Å². The van der Waals surface area contributed by atoms with Crippen molar-refractivity contribution in [3.8, 4) is 0 Å². The molecule has 104 valence electrons. The lowest BCUT2D eigenvalue weighted by atomic mass is 9.86. The molecule has 1 fully saturated rings. The quantitative estimate of drug-likeness (QED) is 0.740. The van der Waals surface area contributed by atoms with E-state index in [0.717, 1.165) is 13.0 Å². The maximum absolute atomic E-state index is 12.2. The number of hydrogen-bond donors (Lipinski definition) is 2. The number of nitrogens with two attached hydrogens (primary N) is 1. The molecule has 1 heterocycles. The summed E-state index contributed by atoms with van der Waals surface area (Å²) in [6.07, 6.45) is 4.27. The van der Waals surface area contributed by atoms with Crippen LogP contribution in [-0.2, 0) is 4.79 Å². The van der Waals surface area contributed by atoms with Gasteiger partial charge in [-0.3, -0.25) is 4.79 Å². The Morgan fingerprint density at radius 2 is 2.22 bits per heavy atom. The molecule has 1 rings (SSSR count). The Bertz CT molecular complexity index is 321. The maximum Gasteiger partial charge on any atom is 0.232 e. The fourth-order valence-corrected chi connectivity index (χ4v) is 2.49. The second-order valence-electron chi connectivity index (χ2n) is 5.39. The number of carbonyl (C=O) groups excluding carboxylic acids is 1. The van der Waals surface area contributed by atoms with Gasteiger partial charge in [-0.2, -0.15) is 0 Å². The van der Waals surface area contributed by atoms with Gasteiger partial charge in [0.15, 0.2) is 0 Å². The Kier molecular flexibility index (Phi) is 5.53. The Morgan fingerprint density at radius 1 is 1.56 bits per heavy atom. The molecule has 18 heavy (non-hydrogen) atoms. The van der Waals surface area contributed by atoms with E-state index in [4.69, 9.17) is 18.0 Å². The van der Waals surface area contributed by atoms with Crippen LogP contribution in [-0.4, -0.2) is 42.0 Å². The average Bonchev–Trinajstić information content (AvgIpc) is 2.36. The molecule has 0 aromatic heterocycles. The molecule has 0 radical (unpaired) electrons. The molecule has 3 N–H and O–H groups in total. The van der Waals surface area contributed by atoms with Gasteiger partial charge < -0.3 is 16.0 Å². The standard InChI is InChI=1S/C13H25N3OS/c1-4-13(2,11(14)18)12(17)15-9-10-7-5-6-8-16(10)3/h10H,4-9H2,1-3H3,(H2,14,18)(H,15,17). The highest BCUT2D eigenvalue weighted by Gasteiger charge is 2.34. The molecule has 2 unspecified atom stereocenters. The van der Waals surface area contributed by atoms with Crippen molar-refractivity contribution in [1.29, 1.82) is 0 Å². The first-order valence-corrected chi connectivity index (χ1v) is 7.11.